The van der Waals surface area contributed by atoms with Crippen molar-refractivity contribution >= 4 is 38.9 Å². The number of hydrogen-bond acceptors (Lipinski definition) is 5. The largest absolute Gasteiger partial charge is 0.485 e. The predicted molar refractivity (Wildman–Crippen MR) is 144 cm³/mol. The summed E-state index contributed by atoms with van der Waals surface area (Å²) in [5.41, 5.74) is 5.55. The van der Waals surface area contributed by atoms with E-state index in [0.29, 0.717) is 28.6 Å². The molecule has 4 aromatic carbocycles. The van der Waals surface area contributed by atoms with Crippen LogP contribution < -0.4 is 14.9 Å². The summed E-state index contributed by atoms with van der Waals surface area (Å²) in [7, 11) is -3.92. The van der Waals surface area contributed by atoms with Crippen molar-refractivity contribution in [2.24, 2.45) is 5.10 Å². The molecule has 0 aliphatic carbocycles. The fourth-order valence-corrected chi connectivity index (χ4v) is 5.20. The van der Waals surface area contributed by atoms with Crippen molar-refractivity contribution in [1.29, 1.82) is 0 Å². The standard InChI is InChI=1S/C28H22ClN3O4S/c29-21-13-15-22(16-14-21)32-37(34,35)23-10-6-9-20(17-23)28(33)31-30-25-18-27(19-7-2-1-3-8-19)36-26-12-5-4-11-24(25)26/h1-17,27,32H,18H2,(H,31,33)/b30-25+/t27-/m1/s1. The summed E-state index contributed by atoms with van der Waals surface area (Å²) in [6.07, 6.45) is 0.208. The van der Waals surface area contributed by atoms with Gasteiger partial charge in [0.1, 0.15) is 11.9 Å². The highest BCUT2D eigenvalue weighted by molar-refractivity contribution is 7.92. The van der Waals surface area contributed by atoms with Gasteiger partial charge in [0.2, 0.25) is 0 Å². The number of carbonyl (C=O) groups is 1. The molecule has 2 N–H and O–H groups in total. The molecule has 7 nitrogen and oxygen atoms in total. The number of nitrogens with zero attached hydrogens (tertiary/aromatic N) is 1. The van der Waals surface area contributed by atoms with Crippen molar-refractivity contribution in [3.63, 3.8) is 0 Å². The average Bonchev–Trinajstić information content (AvgIpc) is 2.93. The molecule has 1 aliphatic heterocycles. The van der Waals surface area contributed by atoms with Gasteiger partial charge in [0, 0.05) is 28.3 Å². The number of ether oxygens (including phenoxy) is 1. The van der Waals surface area contributed by atoms with Crippen LogP contribution in [0.4, 0.5) is 5.69 Å². The summed E-state index contributed by atoms with van der Waals surface area (Å²) in [5.74, 6) is 0.147. The molecule has 1 atom stereocenters. The Bertz CT molecular complexity index is 1570. The van der Waals surface area contributed by atoms with Gasteiger partial charge in [0.05, 0.1) is 10.6 Å². The summed E-state index contributed by atoms with van der Waals surface area (Å²) in [4.78, 5) is 12.9. The smallest absolute Gasteiger partial charge is 0.271 e. The first kappa shape index (κ1) is 24.5. The number of sulfonamides is 1. The first-order valence-electron chi connectivity index (χ1n) is 11.5. The average molecular weight is 532 g/mol. The molecule has 0 bridgehead atoms. The first-order valence-corrected chi connectivity index (χ1v) is 13.3. The van der Waals surface area contributed by atoms with Gasteiger partial charge in [0.25, 0.3) is 15.9 Å². The third-order valence-electron chi connectivity index (χ3n) is 5.81. The van der Waals surface area contributed by atoms with Crippen LogP contribution in [0, 0.1) is 0 Å². The molecule has 1 aliphatic rings. The van der Waals surface area contributed by atoms with Gasteiger partial charge in [-0.2, -0.15) is 5.10 Å². The highest BCUT2D eigenvalue weighted by Gasteiger charge is 2.26. The number of nitrogens with one attached hydrogen (secondary N) is 2. The molecule has 0 unspecified atom stereocenters. The van der Waals surface area contributed by atoms with Crippen LogP contribution in [-0.4, -0.2) is 20.0 Å². The molecule has 1 amide bonds. The highest BCUT2D eigenvalue weighted by Crippen LogP contribution is 2.35. The van der Waals surface area contributed by atoms with E-state index in [9.17, 15) is 13.2 Å². The van der Waals surface area contributed by atoms with Crippen molar-refractivity contribution in [3.8, 4) is 5.75 Å². The van der Waals surface area contributed by atoms with E-state index in [0.717, 1.165) is 11.1 Å². The molecular formula is C28H22ClN3O4S. The van der Waals surface area contributed by atoms with Crippen molar-refractivity contribution in [2.45, 2.75) is 17.4 Å². The molecule has 186 valence electrons. The predicted octanol–water partition coefficient (Wildman–Crippen LogP) is 5.80. The van der Waals surface area contributed by atoms with Crippen molar-refractivity contribution in [1.82, 2.24) is 5.43 Å². The zero-order valence-corrected chi connectivity index (χ0v) is 21.0. The molecule has 0 fully saturated rings. The first-order chi connectivity index (χ1) is 17.9. The second-order valence-electron chi connectivity index (χ2n) is 8.36. The number of carbonyl (C=O) groups excluding carboxylic acids is 1. The molecule has 9 heteroatoms. The summed E-state index contributed by atoms with van der Waals surface area (Å²) in [5, 5.41) is 4.90. The van der Waals surface area contributed by atoms with Gasteiger partial charge in [-0.1, -0.05) is 60.1 Å². The Hall–Kier alpha value is -4.14. The van der Waals surface area contributed by atoms with E-state index in [1.807, 2.05) is 54.6 Å². The number of hydrazone groups is 1. The van der Waals surface area contributed by atoms with Gasteiger partial charge in [-0.25, -0.2) is 13.8 Å². The van der Waals surface area contributed by atoms with Crippen molar-refractivity contribution in [3.05, 3.63) is 125 Å². The van der Waals surface area contributed by atoms with Gasteiger partial charge < -0.3 is 4.74 Å². The lowest BCUT2D eigenvalue weighted by Gasteiger charge is -2.27. The Labute approximate surface area is 219 Å². The number of hydrogen-bond donors (Lipinski definition) is 2. The summed E-state index contributed by atoms with van der Waals surface area (Å²) >= 11 is 5.87. The van der Waals surface area contributed by atoms with E-state index >= 15 is 0 Å². The Kier molecular flexibility index (Phi) is 6.94. The van der Waals surface area contributed by atoms with Crippen LogP contribution >= 0.6 is 11.6 Å². The summed E-state index contributed by atoms with van der Waals surface area (Å²) in [6, 6.07) is 29.3. The lowest BCUT2D eigenvalue weighted by Crippen LogP contribution is -2.25. The molecule has 5 rings (SSSR count). The van der Waals surface area contributed by atoms with Crippen LogP contribution in [-0.2, 0) is 10.0 Å². The van der Waals surface area contributed by atoms with E-state index in [1.54, 1.807) is 24.3 Å². The minimum Gasteiger partial charge on any atom is -0.485 e. The minimum atomic E-state index is -3.92. The number of fused-ring (bicyclic) bond motifs is 1. The molecule has 0 aromatic heterocycles. The Morgan fingerprint density at radius 2 is 1.62 bits per heavy atom. The zero-order chi connectivity index (χ0) is 25.8. The van der Waals surface area contributed by atoms with E-state index in [2.05, 4.69) is 15.2 Å². The molecule has 0 saturated heterocycles. The number of benzene rings is 4. The lowest BCUT2D eigenvalue weighted by molar-refractivity contribution is 0.0954. The molecule has 37 heavy (non-hydrogen) atoms. The maximum absolute atomic E-state index is 12.9. The third kappa shape index (κ3) is 5.66. The number of anilines is 1. The molecular weight excluding hydrogens is 510 g/mol. The summed E-state index contributed by atoms with van der Waals surface area (Å²) in [6.45, 7) is 0. The number of para-hydroxylation sites is 1. The second-order valence-corrected chi connectivity index (χ2v) is 10.5. The topological polar surface area (TPSA) is 96.9 Å². The van der Waals surface area contributed by atoms with Crippen LogP contribution in [0.2, 0.25) is 5.02 Å². The van der Waals surface area contributed by atoms with Crippen molar-refractivity contribution < 1.29 is 17.9 Å². The molecule has 0 saturated carbocycles. The molecule has 0 spiro atoms. The molecule has 0 radical (unpaired) electrons. The SMILES string of the molecule is O=C(N/N=C1\C[C@H](c2ccccc2)Oc2ccccc21)c1cccc(S(=O)(=O)Nc2ccc(Cl)cc2)c1. The monoisotopic (exact) mass is 531 g/mol. The van der Waals surface area contributed by atoms with Crippen LogP contribution in [0.3, 0.4) is 0 Å². The maximum atomic E-state index is 12.9. The van der Waals surface area contributed by atoms with Crippen LogP contribution in [0.15, 0.2) is 113 Å². The van der Waals surface area contributed by atoms with Crippen LogP contribution in [0.5, 0.6) is 5.75 Å². The van der Waals surface area contributed by atoms with Gasteiger partial charge >= 0.3 is 0 Å². The Morgan fingerprint density at radius 1 is 0.892 bits per heavy atom. The fourth-order valence-electron chi connectivity index (χ4n) is 3.97. The Morgan fingerprint density at radius 3 is 2.41 bits per heavy atom. The molecule has 1 heterocycles. The number of halogens is 1. The Balaban J connectivity index is 1.36. The minimum absolute atomic E-state index is 0.0525. The van der Waals surface area contributed by atoms with E-state index < -0.39 is 15.9 Å². The van der Waals surface area contributed by atoms with Gasteiger partial charge in [-0.05, 0) is 60.2 Å². The van der Waals surface area contributed by atoms with Gasteiger partial charge in [-0.15, -0.1) is 0 Å². The maximum Gasteiger partial charge on any atom is 0.271 e. The third-order valence-corrected chi connectivity index (χ3v) is 7.44. The van der Waals surface area contributed by atoms with E-state index in [1.165, 1.54) is 24.3 Å². The van der Waals surface area contributed by atoms with Gasteiger partial charge in [-0.3, -0.25) is 9.52 Å². The lowest BCUT2D eigenvalue weighted by atomic mass is 9.96. The van der Waals surface area contributed by atoms with Crippen LogP contribution in [0.25, 0.3) is 0 Å². The summed E-state index contributed by atoms with van der Waals surface area (Å²) < 4.78 is 34.4. The number of amides is 1. The van der Waals surface area contributed by atoms with Gasteiger partial charge in [0.15, 0.2) is 0 Å². The zero-order valence-electron chi connectivity index (χ0n) is 19.5. The number of rotatable bonds is 6. The van der Waals surface area contributed by atoms with Crippen molar-refractivity contribution in [2.75, 3.05) is 4.72 Å². The normalized spacial score (nSPS) is 15.9. The van der Waals surface area contributed by atoms with Crippen LogP contribution in [0.1, 0.15) is 34.0 Å². The van der Waals surface area contributed by atoms with E-state index in [4.69, 9.17) is 16.3 Å². The van der Waals surface area contributed by atoms with E-state index in [-0.39, 0.29) is 16.6 Å². The fraction of sp³-hybridized carbons (Fsp3) is 0.0714. The highest BCUT2D eigenvalue weighted by atomic mass is 35.5. The quantitative estimate of drug-likeness (QED) is 0.307. The molecule has 4 aromatic rings. The second kappa shape index (κ2) is 10.5.